The van der Waals surface area contributed by atoms with Crippen LogP contribution in [-0.2, 0) is 13.0 Å². The second-order valence-electron chi connectivity index (χ2n) is 6.73. The van der Waals surface area contributed by atoms with Gasteiger partial charge in [-0.1, -0.05) is 26.0 Å². The van der Waals surface area contributed by atoms with E-state index in [9.17, 15) is 0 Å². The van der Waals surface area contributed by atoms with Gasteiger partial charge in [-0.3, -0.25) is 4.99 Å². The predicted octanol–water partition coefficient (Wildman–Crippen LogP) is 3.96. The van der Waals surface area contributed by atoms with E-state index in [1.807, 2.05) is 0 Å². The summed E-state index contributed by atoms with van der Waals surface area (Å²) < 4.78 is 0. The molecule has 3 aromatic rings. The summed E-state index contributed by atoms with van der Waals surface area (Å²) in [6.07, 6.45) is 3.05. The Morgan fingerprint density at radius 1 is 1.31 bits per heavy atom. The fraction of sp³-hybridized carbons (Fsp3) is 0.400. The van der Waals surface area contributed by atoms with Crippen molar-refractivity contribution in [1.82, 2.24) is 20.6 Å². The summed E-state index contributed by atoms with van der Waals surface area (Å²) in [7, 11) is 1.80. The van der Waals surface area contributed by atoms with Crippen molar-refractivity contribution in [2.24, 2.45) is 4.99 Å². The standard InChI is InChI=1S/C20H27N5S/c1-13(2)17-12-26-18(25-17)11-24-20(21-4)22-9-8-15-10-23-16-7-5-6-14(3)19(15)16/h5-7,10,12-13,23H,8-9,11H2,1-4H3,(H2,21,22,24). The molecule has 0 aliphatic carbocycles. The number of aryl methyl sites for hydroxylation is 1. The molecule has 1 aromatic carbocycles. The molecule has 0 aliphatic heterocycles. The first kappa shape index (κ1) is 18.5. The van der Waals surface area contributed by atoms with E-state index >= 15 is 0 Å². The molecule has 138 valence electrons. The Kier molecular flexibility index (Phi) is 5.93. The van der Waals surface area contributed by atoms with Gasteiger partial charge in [-0.05, 0) is 36.5 Å². The Morgan fingerprint density at radius 2 is 2.15 bits per heavy atom. The van der Waals surface area contributed by atoms with Crippen molar-refractivity contribution in [2.45, 2.75) is 39.7 Å². The van der Waals surface area contributed by atoms with Gasteiger partial charge in [0.2, 0.25) is 0 Å². The van der Waals surface area contributed by atoms with Crippen LogP contribution in [0.2, 0.25) is 0 Å². The molecular weight excluding hydrogens is 342 g/mol. The van der Waals surface area contributed by atoms with Crippen molar-refractivity contribution >= 4 is 28.2 Å². The van der Waals surface area contributed by atoms with Gasteiger partial charge in [0, 0.05) is 36.1 Å². The zero-order valence-electron chi connectivity index (χ0n) is 15.9. The molecule has 26 heavy (non-hydrogen) atoms. The van der Waals surface area contributed by atoms with Gasteiger partial charge in [-0.15, -0.1) is 11.3 Å². The lowest BCUT2D eigenvalue weighted by molar-refractivity contribution is 0.779. The Hall–Kier alpha value is -2.34. The molecule has 5 nitrogen and oxygen atoms in total. The number of fused-ring (bicyclic) bond motifs is 1. The van der Waals surface area contributed by atoms with Crippen LogP contribution in [-0.4, -0.2) is 29.5 Å². The van der Waals surface area contributed by atoms with Gasteiger partial charge in [0.15, 0.2) is 5.96 Å². The van der Waals surface area contributed by atoms with Gasteiger partial charge >= 0.3 is 0 Å². The minimum absolute atomic E-state index is 0.470. The zero-order valence-corrected chi connectivity index (χ0v) is 16.7. The largest absolute Gasteiger partial charge is 0.361 e. The molecule has 0 saturated carbocycles. The Balaban J connectivity index is 1.52. The molecule has 0 aliphatic rings. The van der Waals surface area contributed by atoms with Gasteiger partial charge in [0.05, 0.1) is 12.2 Å². The SMILES string of the molecule is CN=C(NCCc1c[nH]c2cccc(C)c12)NCc1nc(C(C)C)cs1. The van der Waals surface area contributed by atoms with Gasteiger partial charge in [-0.2, -0.15) is 0 Å². The third-order valence-electron chi connectivity index (χ3n) is 4.47. The van der Waals surface area contributed by atoms with E-state index in [0.717, 1.165) is 29.6 Å². The molecule has 0 bridgehead atoms. The molecule has 0 unspecified atom stereocenters. The number of nitrogens with zero attached hydrogens (tertiary/aromatic N) is 2. The molecule has 6 heteroatoms. The van der Waals surface area contributed by atoms with Crippen molar-refractivity contribution in [3.05, 3.63) is 51.6 Å². The number of benzene rings is 1. The maximum absolute atomic E-state index is 4.65. The minimum atomic E-state index is 0.470. The molecule has 0 atom stereocenters. The van der Waals surface area contributed by atoms with Crippen molar-refractivity contribution in [1.29, 1.82) is 0 Å². The lowest BCUT2D eigenvalue weighted by Gasteiger charge is -2.11. The fourth-order valence-electron chi connectivity index (χ4n) is 3.02. The van der Waals surface area contributed by atoms with Gasteiger partial charge in [0.25, 0.3) is 0 Å². The number of nitrogens with one attached hydrogen (secondary N) is 3. The molecular formula is C20H27N5S. The highest BCUT2D eigenvalue weighted by Crippen LogP contribution is 2.22. The van der Waals surface area contributed by atoms with Crippen LogP contribution in [0.5, 0.6) is 0 Å². The van der Waals surface area contributed by atoms with Crippen LogP contribution < -0.4 is 10.6 Å². The maximum atomic E-state index is 4.65. The number of H-pyrrole nitrogens is 1. The van der Waals surface area contributed by atoms with Gasteiger partial charge < -0.3 is 15.6 Å². The Morgan fingerprint density at radius 3 is 2.88 bits per heavy atom. The number of hydrogen-bond acceptors (Lipinski definition) is 3. The summed E-state index contributed by atoms with van der Waals surface area (Å²) in [5.74, 6) is 1.28. The lowest BCUT2D eigenvalue weighted by Crippen LogP contribution is -2.37. The summed E-state index contributed by atoms with van der Waals surface area (Å²) >= 11 is 1.69. The minimum Gasteiger partial charge on any atom is -0.361 e. The van der Waals surface area contributed by atoms with E-state index in [1.165, 1.54) is 22.0 Å². The third kappa shape index (κ3) is 4.25. The molecule has 2 heterocycles. The van der Waals surface area contributed by atoms with E-state index < -0.39 is 0 Å². The second-order valence-corrected chi connectivity index (χ2v) is 7.68. The summed E-state index contributed by atoms with van der Waals surface area (Å²) in [5, 5.41) is 11.3. The molecule has 0 amide bonds. The molecule has 0 fully saturated rings. The highest BCUT2D eigenvalue weighted by Gasteiger charge is 2.08. The number of aromatic nitrogens is 2. The topological polar surface area (TPSA) is 65.1 Å². The van der Waals surface area contributed by atoms with Crippen LogP contribution in [0.3, 0.4) is 0 Å². The van der Waals surface area contributed by atoms with Crippen molar-refractivity contribution in [2.75, 3.05) is 13.6 Å². The van der Waals surface area contributed by atoms with Crippen molar-refractivity contribution in [3.63, 3.8) is 0 Å². The predicted molar refractivity (Wildman–Crippen MR) is 111 cm³/mol. The van der Waals surface area contributed by atoms with Crippen LogP contribution in [0.25, 0.3) is 10.9 Å². The van der Waals surface area contributed by atoms with E-state index in [4.69, 9.17) is 0 Å². The Bertz CT molecular complexity index is 891. The van der Waals surface area contributed by atoms with E-state index in [2.05, 4.69) is 76.1 Å². The first-order valence-electron chi connectivity index (χ1n) is 9.03. The average Bonchev–Trinajstić information content (AvgIpc) is 3.26. The first-order chi connectivity index (χ1) is 12.6. The summed E-state index contributed by atoms with van der Waals surface area (Å²) in [4.78, 5) is 12.3. The number of aliphatic imine (C=N–C) groups is 1. The molecule has 2 aromatic heterocycles. The average molecular weight is 370 g/mol. The molecule has 0 saturated heterocycles. The maximum Gasteiger partial charge on any atom is 0.191 e. The van der Waals surface area contributed by atoms with E-state index in [-0.39, 0.29) is 0 Å². The van der Waals surface area contributed by atoms with Crippen LogP contribution >= 0.6 is 11.3 Å². The van der Waals surface area contributed by atoms with E-state index in [1.54, 1.807) is 18.4 Å². The van der Waals surface area contributed by atoms with Crippen molar-refractivity contribution < 1.29 is 0 Å². The second kappa shape index (κ2) is 8.36. The Labute approximate surface area is 159 Å². The molecule has 3 rings (SSSR count). The van der Waals surface area contributed by atoms with Crippen LogP contribution in [0.1, 0.15) is 41.6 Å². The number of aromatic amines is 1. The van der Waals surface area contributed by atoms with Crippen LogP contribution in [0, 0.1) is 6.92 Å². The van der Waals surface area contributed by atoms with Gasteiger partial charge in [0.1, 0.15) is 5.01 Å². The highest BCUT2D eigenvalue weighted by molar-refractivity contribution is 7.09. The van der Waals surface area contributed by atoms with E-state index in [0.29, 0.717) is 12.5 Å². The summed E-state index contributed by atoms with van der Waals surface area (Å²) in [6, 6.07) is 6.37. The summed E-state index contributed by atoms with van der Waals surface area (Å²) in [6.45, 7) is 8.02. The van der Waals surface area contributed by atoms with Gasteiger partial charge in [-0.25, -0.2) is 4.98 Å². The monoisotopic (exact) mass is 369 g/mol. The molecule has 3 N–H and O–H groups in total. The third-order valence-corrected chi connectivity index (χ3v) is 5.34. The first-order valence-corrected chi connectivity index (χ1v) is 9.91. The normalized spacial score (nSPS) is 12.1. The molecule has 0 radical (unpaired) electrons. The zero-order chi connectivity index (χ0) is 18.5. The summed E-state index contributed by atoms with van der Waals surface area (Å²) in [5.41, 5.74) is 5.00. The molecule has 0 spiro atoms. The lowest BCUT2D eigenvalue weighted by atomic mass is 10.1. The quantitative estimate of drug-likeness (QED) is 0.455. The number of rotatable bonds is 6. The van der Waals surface area contributed by atoms with Crippen molar-refractivity contribution in [3.8, 4) is 0 Å². The number of guanidine groups is 1. The fourth-order valence-corrected chi connectivity index (χ4v) is 3.91. The number of hydrogen-bond donors (Lipinski definition) is 3. The van der Waals surface area contributed by atoms with Crippen LogP contribution in [0.4, 0.5) is 0 Å². The number of thiazole rings is 1. The highest BCUT2D eigenvalue weighted by atomic mass is 32.1. The van der Waals surface area contributed by atoms with Crippen LogP contribution in [0.15, 0.2) is 34.8 Å². The smallest absolute Gasteiger partial charge is 0.191 e.